The summed E-state index contributed by atoms with van der Waals surface area (Å²) < 4.78 is 2.41. The summed E-state index contributed by atoms with van der Waals surface area (Å²) in [7, 11) is 0. The molecule has 2 aromatic rings. The number of fused-ring (bicyclic) bond motifs is 1. The molecule has 0 aliphatic heterocycles. The van der Waals surface area contributed by atoms with Gasteiger partial charge in [-0.2, -0.15) is 11.8 Å². The molecule has 1 fully saturated rings. The fourth-order valence-corrected chi connectivity index (χ4v) is 4.60. The number of halogens is 1. The Morgan fingerprint density at radius 3 is 3.00 bits per heavy atom. The van der Waals surface area contributed by atoms with Gasteiger partial charge in [-0.25, -0.2) is 4.98 Å². The molecule has 1 aliphatic rings. The minimum Gasteiger partial charge on any atom is -0.323 e. The number of hydrogen-bond donors (Lipinski definition) is 0. The van der Waals surface area contributed by atoms with Crippen LogP contribution in [0.1, 0.15) is 38.1 Å². The van der Waals surface area contributed by atoms with Crippen LogP contribution in [0.25, 0.3) is 11.0 Å². The Labute approximate surface area is 123 Å². The van der Waals surface area contributed by atoms with E-state index < -0.39 is 0 Å². The molecule has 0 spiro atoms. The largest absolute Gasteiger partial charge is 0.323 e. The summed E-state index contributed by atoms with van der Waals surface area (Å²) in [5.41, 5.74) is 2.32. The molecule has 1 saturated carbocycles. The molecule has 2 atom stereocenters. The second-order valence-corrected chi connectivity index (χ2v) is 6.80. The van der Waals surface area contributed by atoms with Gasteiger partial charge in [0.2, 0.25) is 0 Å². The first-order valence-electron chi connectivity index (χ1n) is 6.98. The zero-order chi connectivity index (χ0) is 13.2. The van der Waals surface area contributed by atoms with E-state index in [1.54, 1.807) is 0 Å². The summed E-state index contributed by atoms with van der Waals surface area (Å²) in [4.78, 5) is 4.69. The number of nitrogens with zero attached hydrogens (tertiary/aromatic N) is 2. The Morgan fingerprint density at radius 2 is 2.21 bits per heavy atom. The molecule has 0 radical (unpaired) electrons. The molecule has 1 aromatic heterocycles. The van der Waals surface area contributed by atoms with Crippen LogP contribution >= 0.6 is 23.4 Å². The Hall–Kier alpha value is -0.670. The molecule has 1 aliphatic carbocycles. The molecule has 3 rings (SSSR count). The van der Waals surface area contributed by atoms with E-state index in [4.69, 9.17) is 16.6 Å². The molecule has 0 bridgehead atoms. The lowest BCUT2D eigenvalue weighted by Gasteiger charge is -2.22. The average molecular weight is 295 g/mol. The van der Waals surface area contributed by atoms with Crippen molar-refractivity contribution in [1.29, 1.82) is 0 Å². The standard InChI is InChI=1S/C15H19ClN2S/c1-2-19-14-9-5-8-13(14)18-12-7-4-3-6-11(12)17-15(18)10-16/h3-4,6-7,13-14H,2,5,8-10H2,1H3. The summed E-state index contributed by atoms with van der Waals surface area (Å²) in [6.07, 6.45) is 3.88. The first kappa shape index (κ1) is 13.3. The lowest BCUT2D eigenvalue weighted by molar-refractivity contribution is 0.527. The first-order chi connectivity index (χ1) is 9.35. The van der Waals surface area contributed by atoms with E-state index in [0.29, 0.717) is 17.2 Å². The van der Waals surface area contributed by atoms with Crippen molar-refractivity contribution in [2.75, 3.05) is 5.75 Å². The third kappa shape index (κ3) is 2.38. The Bertz CT molecular complexity index is 566. The van der Waals surface area contributed by atoms with Gasteiger partial charge in [-0.1, -0.05) is 25.5 Å². The summed E-state index contributed by atoms with van der Waals surface area (Å²) in [5, 5.41) is 0.713. The van der Waals surface area contributed by atoms with E-state index in [2.05, 4.69) is 41.5 Å². The molecule has 4 heteroatoms. The molecule has 1 aromatic carbocycles. The maximum absolute atomic E-state index is 6.12. The molecule has 0 saturated heterocycles. The van der Waals surface area contributed by atoms with Crippen molar-refractivity contribution >= 4 is 34.4 Å². The number of thioether (sulfide) groups is 1. The minimum absolute atomic E-state index is 0.495. The van der Waals surface area contributed by atoms with Gasteiger partial charge in [0.1, 0.15) is 5.82 Å². The highest BCUT2D eigenvalue weighted by atomic mass is 35.5. The SMILES string of the molecule is CCSC1CCCC1n1c(CCl)nc2ccccc21. The molecule has 19 heavy (non-hydrogen) atoms. The number of rotatable bonds is 4. The fourth-order valence-electron chi connectivity index (χ4n) is 3.17. The minimum atomic E-state index is 0.495. The lowest BCUT2D eigenvalue weighted by atomic mass is 10.2. The number of alkyl halides is 1. The van der Waals surface area contributed by atoms with E-state index in [0.717, 1.165) is 11.3 Å². The van der Waals surface area contributed by atoms with Crippen LogP contribution in [0.2, 0.25) is 0 Å². The Morgan fingerprint density at radius 1 is 1.37 bits per heavy atom. The third-order valence-corrected chi connectivity index (χ3v) is 5.47. The molecule has 0 N–H and O–H groups in total. The summed E-state index contributed by atoms with van der Waals surface area (Å²) >= 11 is 8.20. The van der Waals surface area contributed by atoms with E-state index in [9.17, 15) is 0 Å². The highest BCUT2D eigenvalue weighted by molar-refractivity contribution is 7.99. The molecule has 1 heterocycles. The van der Waals surface area contributed by atoms with Gasteiger partial charge in [-0.15, -0.1) is 11.6 Å². The van der Waals surface area contributed by atoms with Crippen LogP contribution in [-0.4, -0.2) is 20.6 Å². The smallest absolute Gasteiger partial charge is 0.125 e. The predicted molar refractivity (Wildman–Crippen MR) is 84.1 cm³/mol. The van der Waals surface area contributed by atoms with Crippen molar-refractivity contribution in [3.05, 3.63) is 30.1 Å². The molecule has 2 nitrogen and oxygen atoms in total. The van der Waals surface area contributed by atoms with Crippen LogP contribution in [-0.2, 0) is 5.88 Å². The third-order valence-electron chi connectivity index (χ3n) is 3.92. The number of para-hydroxylation sites is 2. The molecule has 2 unspecified atom stereocenters. The van der Waals surface area contributed by atoms with Crippen molar-refractivity contribution < 1.29 is 0 Å². The number of imidazole rings is 1. The van der Waals surface area contributed by atoms with E-state index >= 15 is 0 Å². The first-order valence-corrected chi connectivity index (χ1v) is 8.57. The maximum atomic E-state index is 6.12. The van der Waals surface area contributed by atoms with Crippen LogP contribution in [0.3, 0.4) is 0 Å². The Kier molecular flexibility index (Phi) is 4.04. The fraction of sp³-hybridized carbons (Fsp3) is 0.533. The van der Waals surface area contributed by atoms with Gasteiger partial charge in [0.15, 0.2) is 0 Å². The zero-order valence-electron chi connectivity index (χ0n) is 11.2. The molecular formula is C15H19ClN2S. The van der Waals surface area contributed by atoms with Crippen LogP contribution in [0.15, 0.2) is 24.3 Å². The summed E-state index contributed by atoms with van der Waals surface area (Å²) in [5.74, 6) is 2.70. The Balaban J connectivity index is 2.07. The van der Waals surface area contributed by atoms with Crippen LogP contribution < -0.4 is 0 Å². The molecular weight excluding hydrogens is 276 g/mol. The van der Waals surface area contributed by atoms with Gasteiger partial charge in [-0.05, 0) is 30.7 Å². The normalized spacial score (nSPS) is 23.3. The van der Waals surface area contributed by atoms with Crippen molar-refractivity contribution in [2.24, 2.45) is 0 Å². The van der Waals surface area contributed by atoms with Crippen LogP contribution in [0.5, 0.6) is 0 Å². The average Bonchev–Trinajstić information content (AvgIpc) is 3.02. The predicted octanol–water partition coefficient (Wildman–Crippen LogP) is 4.62. The van der Waals surface area contributed by atoms with Crippen LogP contribution in [0, 0.1) is 0 Å². The summed E-state index contributed by atoms with van der Waals surface area (Å²) in [6.45, 7) is 2.24. The topological polar surface area (TPSA) is 17.8 Å². The van der Waals surface area contributed by atoms with Gasteiger partial charge in [0, 0.05) is 11.3 Å². The quantitative estimate of drug-likeness (QED) is 0.766. The van der Waals surface area contributed by atoms with Crippen molar-refractivity contribution in [1.82, 2.24) is 9.55 Å². The van der Waals surface area contributed by atoms with Crippen molar-refractivity contribution in [3.8, 4) is 0 Å². The van der Waals surface area contributed by atoms with Gasteiger partial charge in [0.25, 0.3) is 0 Å². The zero-order valence-corrected chi connectivity index (χ0v) is 12.8. The van der Waals surface area contributed by atoms with Gasteiger partial charge in [0.05, 0.1) is 16.9 Å². The lowest BCUT2D eigenvalue weighted by Crippen LogP contribution is -2.18. The molecule has 102 valence electrons. The second-order valence-electron chi connectivity index (χ2n) is 5.01. The van der Waals surface area contributed by atoms with Gasteiger partial charge in [-0.3, -0.25) is 0 Å². The second kappa shape index (κ2) is 5.76. The number of aromatic nitrogens is 2. The van der Waals surface area contributed by atoms with Gasteiger partial charge < -0.3 is 4.57 Å². The van der Waals surface area contributed by atoms with E-state index in [-0.39, 0.29) is 0 Å². The van der Waals surface area contributed by atoms with Crippen molar-refractivity contribution in [2.45, 2.75) is 43.4 Å². The maximum Gasteiger partial charge on any atom is 0.125 e. The number of benzene rings is 1. The summed E-state index contributed by atoms with van der Waals surface area (Å²) in [6, 6.07) is 8.95. The molecule has 0 amide bonds. The number of hydrogen-bond acceptors (Lipinski definition) is 2. The van der Waals surface area contributed by atoms with E-state index in [1.165, 1.54) is 30.5 Å². The monoisotopic (exact) mass is 294 g/mol. The highest BCUT2D eigenvalue weighted by Gasteiger charge is 2.31. The van der Waals surface area contributed by atoms with Crippen molar-refractivity contribution in [3.63, 3.8) is 0 Å². The van der Waals surface area contributed by atoms with Gasteiger partial charge >= 0.3 is 0 Å². The van der Waals surface area contributed by atoms with Crippen LogP contribution in [0.4, 0.5) is 0 Å². The highest BCUT2D eigenvalue weighted by Crippen LogP contribution is 2.40. The van der Waals surface area contributed by atoms with E-state index in [1.807, 2.05) is 6.07 Å².